The topological polar surface area (TPSA) is 61.8 Å². The van der Waals surface area contributed by atoms with E-state index in [1.54, 1.807) is 6.08 Å². The third kappa shape index (κ3) is 4.79. The quantitative estimate of drug-likeness (QED) is 0.725. The van der Waals surface area contributed by atoms with Crippen LogP contribution in [0.4, 0.5) is 11.8 Å². The summed E-state index contributed by atoms with van der Waals surface area (Å²) in [6.45, 7) is 10.0. The monoisotopic (exact) mass is 407 g/mol. The second-order valence-electron chi connectivity index (χ2n) is 7.77. The van der Waals surface area contributed by atoms with E-state index < -0.39 is 0 Å². The molecule has 0 atom stereocenters. The fraction of sp³-hybridized carbons (Fsp3) is 0.435. The number of morpholine rings is 1. The van der Waals surface area contributed by atoms with Crippen molar-refractivity contribution < 1.29 is 9.53 Å². The highest BCUT2D eigenvalue weighted by molar-refractivity contribution is 5.92. The van der Waals surface area contributed by atoms with E-state index in [4.69, 9.17) is 9.72 Å². The van der Waals surface area contributed by atoms with E-state index in [9.17, 15) is 4.79 Å². The first kappa shape index (κ1) is 20.3. The van der Waals surface area contributed by atoms with Crippen LogP contribution >= 0.6 is 0 Å². The normalized spacial score (nSPS) is 17.6. The number of nitrogens with zero attached hydrogens (tertiary/aromatic N) is 5. The number of hydrogen-bond donors (Lipinski definition) is 0. The molecule has 7 heteroatoms. The maximum Gasteiger partial charge on any atom is 0.246 e. The number of ether oxygens (including phenoxy) is 1. The number of piperazine rings is 1. The van der Waals surface area contributed by atoms with E-state index in [0.29, 0.717) is 13.1 Å². The summed E-state index contributed by atoms with van der Waals surface area (Å²) in [7, 11) is 0. The van der Waals surface area contributed by atoms with E-state index in [2.05, 4.69) is 27.8 Å². The molecule has 1 aromatic heterocycles. The van der Waals surface area contributed by atoms with Gasteiger partial charge >= 0.3 is 0 Å². The van der Waals surface area contributed by atoms with E-state index in [-0.39, 0.29) is 5.91 Å². The molecule has 1 amide bonds. The molecule has 0 saturated carbocycles. The van der Waals surface area contributed by atoms with Crippen molar-refractivity contribution in [2.24, 2.45) is 0 Å². The molecule has 0 bridgehead atoms. The van der Waals surface area contributed by atoms with Crippen LogP contribution in [0.5, 0.6) is 0 Å². The average Bonchev–Trinajstić information content (AvgIpc) is 2.78. The van der Waals surface area contributed by atoms with Crippen molar-refractivity contribution in [2.75, 3.05) is 62.3 Å². The van der Waals surface area contributed by atoms with E-state index >= 15 is 0 Å². The summed E-state index contributed by atoms with van der Waals surface area (Å²) in [5, 5.41) is 0. The lowest BCUT2D eigenvalue weighted by Gasteiger charge is -2.35. The van der Waals surface area contributed by atoms with Gasteiger partial charge in [-0.15, -0.1) is 0 Å². The number of rotatable bonds is 4. The zero-order chi connectivity index (χ0) is 20.9. The minimum absolute atomic E-state index is 0.0528. The average molecular weight is 408 g/mol. The molecule has 3 heterocycles. The van der Waals surface area contributed by atoms with Crippen LogP contribution in [0.2, 0.25) is 0 Å². The van der Waals surface area contributed by atoms with Gasteiger partial charge in [-0.2, -0.15) is 4.98 Å². The van der Waals surface area contributed by atoms with Crippen molar-refractivity contribution in [3.05, 3.63) is 53.2 Å². The Morgan fingerprint density at radius 2 is 1.70 bits per heavy atom. The van der Waals surface area contributed by atoms with Crippen LogP contribution in [0.25, 0.3) is 6.08 Å². The lowest BCUT2D eigenvalue weighted by Crippen LogP contribution is -2.49. The van der Waals surface area contributed by atoms with Gasteiger partial charge in [-0.3, -0.25) is 4.79 Å². The molecule has 0 spiro atoms. The summed E-state index contributed by atoms with van der Waals surface area (Å²) < 4.78 is 5.45. The Kier molecular flexibility index (Phi) is 6.28. The minimum Gasteiger partial charge on any atom is -0.378 e. The van der Waals surface area contributed by atoms with Gasteiger partial charge in [-0.05, 0) is 31.1 Å². The Balaban J connectivity index is 1.38. The highest BCUT2D eigenvalue weighted by atomic mass is 16.5. The highest BCUT2D eigenvalue weighted by Crippen LogP contribution is 2.20. The van der Waals surface area contributed by atoms with E-state index in [1.165, 1.54) is 5.56 Å². The van der Waals surface area contributed by atoms with Crippen molar-refractivity contribution in [3.8, 4) is 0 Å². The molecular formula is C23H29N5O2. The molecule has 1 aromatic carbocycles. The molecule has 30 heavy (non-hydrogen) atoms. The fourth-order valence-electron chi connectivity index (χ4n) is 3.80. The molecule has 0 aliphatic carbocycles. The second kappa shape index (κ2) is 9.26. The van der Waals surface area contributed by atoms with Gasteiger partial charge in [0.05, 0.1) is 13.2 Å². The Bertz CT molecular complexity index is 916. The Labute approximate surface area is 178 Å². The third-order valence-corrected chi connectivity index (χ3v) is 5.63. The van der Waals surface area contributed by atoms with Crippen molar-refractivity contribution in [1.29, 1.82) is 0 Å². The molecule has 2 aliphatic rings. The Morgan fingerprint density at radius 1 is 0.967 bits per heavy atom. The number of anilines is 2. The van der Waals surface area contributed by atoms with Gasteiger partial charge in [0.25, 0.3) is 0 Å². The molecule has 0 unspecified atom stereocenters. The molecule has 2 saturated heterocycles. The van der Waals surface area contributed by atoms with Gasteiger partial charge in [0.2, 0.25) is 11.9 Å². The van der Waals surface area contributed by atoms with Crippen LogP contribution in [-0.4, -0.2) is 73.3 Å². The molecular weight excluding hydrogens is 378 g/mol. The molecule has 0 N–H and O–H groups in total. The number of carbonyl (C=O) groups is 1. The van der Waals surface area contributed by atoms with Crippen molar-refractivity contribution in [1.82, 2.24) is 14.9 Å². The van der Waals surface area contributed by atoms with Gasteiger partial charge in [-0.1, -0.05) is 24.3 Å². The summed E-state index contributed by atoms with van der Waals surface area (Å²) in [5.74, 6) is 1.76. The molecule has 7 nitrogen and oxygen atoms in total. The number of benzene rings is 1. The number of aromatic nitrogens is 2. The molecule has 2 fully saturated rings. The zero-order valence-corrected chi connectivity index (χ0v) is 17.8. The molecule has 2 aliphatic heterocycles. The van der Waals surface area contributed by atoms with Gasteiger partial charge in [-0.25, -0.2) is 4.98 Å². The summed E-state index contributed by atoms with van der Waals surface area (Å²) >= 11 is 0. The lowest BCUT2D eigenvalue weighted by atomic mass is 10.1. The molecule has 2 aromatic rings. The Morgan fingerprint density at radius 3 is 2.43 bits per heavy atom. The lowest BCUT2D eigenvalue weighted by molar-refractivity contribution is -0.126. The maximum absolute atomic E-state index is 12.6. The van der Waals surface area contributed by atoms with Gasteiger partial charge in [0.15, 0.2) is 0 Å². The number of carbonyl (C=O) groups excluding carboxylic acids is 1. The first-order valence-corrected chi connectivity index (χ1v) is 10.6. The molecule has 158 valence electrons. The van der Waals surface area contributed by atoms with Gasteiger partial charge in [0, 0.05) is 57.1 Å². The van der Waals surface area contributed by atoms with Crippen molar-refractivity contribution in [3.63, 3.8) is 0 Å². The van der Waals surface area contributed by atoms with Crippen molar-refractivity contribution in [2.45, 2.75) is 13.8 Å². The SMILES string of the molecule is Cc1cc(N2CCOCC2)nc(N2CCN(C(=O)/C=C/c3ccccc3C)CC2)n1. The van der Waals surface area contributed by atoms with Crippen molar-refractivity contribution >= 4 is 23.7 Å². The van der Waals surface area contributed by atoms with Crippen LogP contribution < -0.4 is 9.80 Å². The fourth-order valence-corrected chi connectivity index (χ4v) is 3.80. The summed E-state index contributed by atoms with van der Waals surface area (Å²) in [6.07, 6.45) is 3.58. The van der Waals surface area contributed by atoms with E-state index in [0.717, 1.165) is 62.4 Å². The standard InChI is InChI=1S/C23H29N5O2/c1-18-5-3-4-6-20(18)7-8-22(29)27-9-11-28(12-10-27)23-24-19(2)17-21(25-23)26-13-15-30-16-14-26/h3-8,17H,9-16H2,1-2H3/b8-7+. The number of aryl methyl sites for hydroxylation is 2. The largest absolute Gasteiger partial charge is 0.378 e. The Hall–Kier alpha value is -2.93. The zero-order valence-electron chi connectivity index (χ0n) is 17.8. The summed E-state index contributed by atoms with van der Waals surface area (Å²) in [6, 6.07) is 10.1. The maximum atomic E-state index is 12.6. The number of amides is 1. The highest BCUT2D eigenvalue weighted by Gasteiger charge is 2.23. The predicted molar refractivity (Wildman–Crippen MR) is 119 cm³/mol. The van der Waals surface area contributed by atoms with Crippen LogP contribution in [0.3, 0.4) is 0 Å². The van der Waals surface area contributed by atoms with Crippen LogP contribution in [0.1, 0.15) is 16.8 Å². The van der Waals surface area contributed by atoms with Crippen LogP contribution in [0.15, 0.2) is 36.4 Å². The molecule has 4 rings (SSSR count). The second-order valence-corrected chi connectivity index (χ2v) is 7.77. The third-order valence-electron chi connectivity index (χ3n) is 5.63. The summed E-state index contributed by atoms with van der Waals surface area (Å²) in [4.78, 5) is 28.4. The van der Waals surface area contributed by atoms with Gasteiger partial charge in [0.1, 0.15) is 5.82 Å². The summed E-state index contributed by atoms with van der Waals surface area (Å²) in [5.41, 5.74) is 3.20. The molecule has 0 radical (unpaired) electrons. The van der Waals surface area contributed by atoms with Crippen LogP contribution in [0, 0.1) is 13.8 Å². The first-order valence-electron chi connectivity index (χ1n) is 10.6. The predicted octanol–water partition coefficient (Wildman–Crippen LogP) is 2.29. The van der Waals surface area contributed by atoms with Crippen LogP contribution in [-0.2, 0) is 9.53 Å². The van der Waals surface area contributed by atoms with E-state index in [1.807, 2.05) is 42.2 Å². The minimum atomic E-state index is 0.0528. The number of hydrogen-bond acceptors (Lipinski definition) is 6. The first-order chi connectivity index (χ1) is 14.6. The van der Waals surface area contributed by atoms with Gasteiger partial charge < -0.3 is 19.4 Å². The smallest absolute Gasteiger partial charge is 0.246 e.